The number of furan rings is 2. The summed E-state index contributed by atoms with van der Waals surface area (Å²) in [5.41, 5.74) is 20.2. The number of para-hydroxylation sites is 4. The van der Waals surface area contributed by atoms with E-state index in [2.05, 4.69) is 247 Å². The third kappa shape index (κ3) is 6.57. The second-order valence-electron chi connectivity index (χ2n) is 21.5. The Morgan fingerprint density at radius 2 is 0.700 bits per heavy atom. The van der Waals surface area contributed by atoms with E-state index in [1.165, 1.54) is 66.1 Å². The molecule has 2 heterocycles. The quantitative estimate of drug-likeness (QED) is 0.166. The van der Waals surface area contributed by atoms with Gasteiger partial charge in [-0.25, -0.2) is 0 Å². The Morgan fingerprint density at radius 1 is 0.329 bits per heavy atom. The van der Waals surface area contributed by atoms with Gasteiger partial charge in [0.2, 0.25) is 0 Å². The van der Waals surface area contributed by atoms with E-state index in [1.54, 1.807) is 0 Å². The van der Waals surface area contributed by atoms with Crippen molar-refractivity contribution in [2.75, 3.05) is 9.80 Å². The van der Waals surface area contributed by atoms with Crippen LogP contribution in [-0.4, -0.2) is 0 Å². The zero-order valence-corrected chi connectivity index (χ0v) is 41.0. The Kier molecular flexibility index (Phi) is 9.14. The lowest BCUT2D eigenvalue weighted by Crippen LogP contribution is -2.11. The topological polar surface area (TPSA) is 32.8 Å². The van der Waals surface area contributed by atoms with Gasteiger partial charge in [-0.15, -0.1) is 0 Å². The monoisotopic (exact) mass is 906 g/mol. The molecule has 0 aliphatic heterocycles. The lowest BCUT2D eigenvalue weighted by Gasteiger charge is -2.29. The number of aryl methyl sites for hydroxylation is 2. The number of rotatable bonds is 6. The lowest BCUT2D eigenvalue weighted by molar-refractivity contribution is 0.572. The number of anilines is 6. The van der Waals surface area contributed by atoms with Crippen LogP contribution in [0, 0.1) is 13.8 Å². The van der Waals surface area contributed by atoms with Gasteiger partial charge in [0.05, 0.1) is 0 Å². The summed E-state index contributed by atoms with van der Waals surface area (Å²) in [5.74, 6) is 0. The van der Waals surface area contributed by atoms with Gasteiger partial charge >= 0.3 is 0 Å². The first-order valence-electron chi connectivity index (χ1n) is 24.6. The molecule has 12 aromatic rings. The minimum Gasteiger partial charge on any atom is -0.456 e. The highest BCUT2D eigenvalue weighted by atomic mass is 16.3. The summed E-state index contributed by atoms with van der Waals surface area (Å²) in [5, 5.41) is 9.43. The molecule has 1 aliphatic rings. The van der Waals surface area contributed by atoms with Crippen molar-refractivity contribution in [3.05, 3.63) is 204 Å². The van der Waals surface area contributed by atoms with Crippen molar-refractivity contribution in [1.29, 1.82) is 0 Å². The second-order valence-corrected chi connectivity index (χ2v) is 21.5. The van der Waals surface area contributed by atoms with Crippen LogP contribution in [0.1, 0.15) is 63.8 Å². The Morgan fingerprint density at radius 3 is 1.10 bits per heavy atom. The molecule has 0 radical (unpaired) electrons. The molecule has 4 heteroatoms. The second kappa shape index (κ2) is 15.2. The fourth-order valence-corrected chi connectivity index (χ4v) is 11.2. The van der Waals surface area contributed by atoms with Crippen LogP contribution in [0.4, 0.5) is 34.1 Å². The summed E-state index contributed by atoms with van der Waals surface area (Å²) in [4.78, 5) is 4.76. The summed E-state index contributed by atoms with van der Waals surface area (Å²) in [7, 11) is 0. The Bertz CT molecular complexity index is 3870. The average Bonchev–Trinajstić information content (AvgIpc) is 3.91. The predicted octanol–water partition coefficient (Wildman–Crippen LogP) is 19.6. The molecule has 0 spiro atoms. The van der Waals surface area contributed by atoms with Crippen LogP contribution in [-0.2, 0) is 10.8 Å². The first kappa shape index (κ1) is 42.1. The van der Waals surface area contributed by atoms with Crippen molar-refractivity contribution in [3.63, 3.8) is 0 Å². The summed E-state index contributed by atoms with van der Waals surface area (Å²) < 4.78 is 13.5. The molecule has 10 aromatic carbocycles. The van der Waals surface area contributed by atoms with Gasteiger partial charge in [0.25, 0.3) is 0 Å². The highest BCUT2D eigenvalue weighted by Gasteiger charge is 2.27. The fourth-order valence-electron chi connectivity index (χ4n) is 11.2. The van der Waals surface area contributed by atoms with Gasteiger partial charge in [0.1, 0.15) is 22.3 Å². The van der Waals surface area contributed by atoms with Crippen LogP contribution < -0.4 is 9.80 Å². The van der Waals surface area contributed by atoms with E-state index in [-0.39, 0.29) is 10.8 Å². The van der Waals surface area contributed by atoms with Crippen molar-refractivity contribution < 1.29 is 8.83 Å². The molecule has 0 amide bonds. The summed E-state index contributed by atoms with van der Waals surface area (Å²) in [6.45, 7) is 17.9. The van der Waals surface area contributed by atoms with Gasteiger partial charge in [-0.05, 0) is 165 Å². The van der Waals surface area contributed by atoms with Crippen molar-refractivity contribution in [3.8, 4) is 22.3 Å². The Hall–Kier alpha value is -8.08. The normalized spacial score (nSPS) is 12.6. The summed E-state index contributed by atoms with van der Waals surface area (Å²) >= 11 is 0. The van der Waals surface area contributed by atoms with Crippen LogP contribution in [0.5, 0.6) is 0 Å². The molecule has 0 unspecified atom stereocenters. The number of benzene rings is 10. The zero-order chi connectivity index (χ0) is 47.8. The van der Waals surface area contributed by atoms with E-state index in [4.69, 9.17) is 8.83 Å². The maximum atomic E-state index is 6.75. The van der Waals surface area contributed by atoms with Gasteiger partial charge in [0.15, 0.2) is 0 Å². The molecule has 70 heavy (non-hydrogen) atoms. The predicted molar refractivity (Wildman–Crippen MR) is 297 cm³/mol. The first-order valence-corrected chi connectivity index (χ1v) is 24.6. The van der Waals surface area contributed by atoms with E-state index < -0.39 is 0 Å². The molecule has 13 rings (SSSR count). The van der Waals surface area contributed by atoms with Gasteiger partial charge < -0.3 is 18.6 Å². The highest BCUT2D eigenvalue weighted by molar-refractivity contribution is 6.13. The maximum absolute atomic E-state index is 6.75. The van der Waals surface area contributed by atoms with E-state index in [1.807, 2.05) is 0 Å². The maximum Gasteiger partial charge on any atom is 0.139 e. The molecule has 0 N–H and O–H groups in total. The number of hydrogen-bond acceptors (Lipinski definition) is 4. The molecule has 0 atom stereocenters. The van der Waals surface area contributed by atoms with Gasteiger partial charge in [-0.1, -0.05) is 126 Å². The molecule has 4 nitrogen and oxygen atoms in total. The van der Waals surface area contributed by atoms with Gasteiger partial charge in [0, 0.05) is 78.9 Å². The van der Waals surface area contributed by atoms with E-state index in [9.17, 15) is 0 Å². The first-order chi connectivity index (χ1) is 33.8. The SMILES string of the molecule is Cc1ccccc1N(c1ccc2cc3c(cc2c1)-c1cc2cc(N(c4ccc5c(c4)oc4c(C(C)(C)C)cccc45)c4ccccc4C)ccc2cc1-3)c1ccc2c(c1)oc1c(C(C)(C)C)cccc12. The van der Waals surface area contributed by atoms with Crippen molar-refractivity contribution in [2.24, 2.45) is 0 Å². The van der Waals surface area contributed by atoms with Crippen molar-refractivity contribution >= 4 is 99.5 Å². The summed E-state index contributed by atoms with van der Waals surface area (Å²) in [6, 6.07) is 67.0. The number of hydrogen-bond donors (Lipinski definition) is 0. The molecule has 340 valence electrons. The van der Waals surface area contributed by atoms with E-state index in [0.29, 0.717) is 0 Å². The average molecular weight is 907 g/mol. The van der Waals surface area contributed by atoms with Crippen LogP contribution in [0.25, 0.3) is 87.7 Å². The minimum absolute atomic E-state index is 0.0418. The molecule has 1 aliphatic carbocycles. The largest absolute Gasteiger partial charge is 0.456 e. The zero-order valence-electron chi connectivity index (χ0n) is 41.0. The van der Waals surface area contributed by atoms with E-state index in [0.717, 1.165) is 78.0 Å². The Balaban J connectivity index is 0.900. The minimum atomic E-state index is -0.0418. The highest BCUT2D eigenvalue weighted by Crippen LogP contribution is 2.52. The lowest BCUT2D eigenvalue weighted by atomic mass is 9.78. The van der Waals surface area contributed by atoms with Gasteiger partial charge in [-0.2, -0.15) is 0 Å². The molecule has 0 fully saturated rings. The van der Waals surface area contributed by atoms with Gasteiger partial charge in [-0.3, -0.25) is 0 Å². The standard InChI is InChI=1S/C66H54N2O2/c1-39-15-9-11-21-59(39)67(47-27-29-49-51-17-13-19-57(65(3,4)5)63(51)69-61(49)37-47)45-25-23-41-33-53-54-34-42-24-26-46(32-44(42)36-56(54)55(53)35-43(41)31-45)68(60-22-12-10-16-40(60)2)48-28-30-50-52-18-14-20-58(66(6,7)8)64(52)70-62(50)38-48/h9-38H,1-8H3. The van der Waals surface area contributed by atoms with Crippen LogP contribution in [0.3, 0.4) is 0 Å². The van der Waals surface area contributed by atoms with Crippen LogP contribution in [0.15, 0.2) is 191 Å². The fraction of sp³-hybridized carbons (Fsp3) is 0.152. The number of nitrogens with zero attached hydrogens (tertiary/aromatic N) is 2. The third-order valence-electron chi connectivity index (χ3n) is 14.8. The van der Waals surface area contributed by atoms with Crippen LogP contribution in [0.2, 0.25) is 0 Å². The molecular weight excluding hydrogens is 853 g/mol. The van der Waals surface area contributed by atoms with Crippen LogP contribution >= 0.6 is 0 Å². The molecular formula is C66H54N2O2. The molecule has 0 saturated heterocycles. The molecule has 2 aromatic heterocycles. The smallest absolute Gasteiger partial charge is 0.139 e. The number of fused-ring (bicyclic) bond motifs is 12. The summed E-state index contributed by atoms with van der Waals surface area (Å²) in [6.07, 6.45) is 0. The van der Waals surface area contributed by atoms with E-state index >= 15 is 0 Å². The molecule has 0 bridgehead atoms. The third-order valence-corrected chi connectivity index (χ3v) is 14.8. The van der Waals surface area contributed by atoms with Crippen molar-refractivity contribution in [2.45, 2.75) is 66.2 Å². The Labute approximate surface area is 409 Å². The molecule has 0 saturated carbocycles. The van der Waals surface area contributed by atoms with Crippen molar-refractivity contribution in [1.82, 2.24) is 0 Å².